The largest absolute Gasteiger partial charge is 0.0913 e. The molecule has 1 heterocycles. The van der Waals surface area contributed by atoms with E-state index < -0.39 is 0 Å². The lowest BCUT2D eigenvalue weighted by Crippen LogP contribution is -2.14. The van der Waals surface area contributed by atoms with Crippen LogP contribution in [0.3, 0.4) is 0 Å². The van der Waals surface area contributed by atoms with E-state index in [4.69, 9.17) is 0 Å². The molecule has 0 bridgehead atoms. The van der Waals surface area contributed by atoms with Gasteiger partial charge in [-0.3, -0.25) is 0 Å². The Morgan fingerprint density at radius 2 is 0.939 bits per heavy atom. The van der Waals surface area contributed by atoms with Crippen LogP contribution < -0.4 is 10.6 Å². The first-order valence-electron chi connectivity index (χ1n) is 12.1. The average Bonchev–Trinajstić information content (AvgIpc) is 3.32. The minimum atomic E-state index is -0.298. The highest BCUT2D eigenvalue weighted by Crippen LogP contribution is 2.70. The Balaban J connectivity index is 1.36. The molecule has 1 aliphatic rings. The Kier molecular flexibility index (Phi) is 7.68. The molecule has 0 aliphatic carbocycles. The summed E-state index contributed by atoms with van der Waals surface area (Å²) in [6.07, 6.45) is 6.63. The van der Waals surface area contributed by atoms with Gasteiger partial charge >= 0.3 is 0 Å². The molecular weight excluding hydrogens is 434 g/mol. The van der Waals surface area contributed by atoms with E-state index in [0.29, 0.717) is 0 Å². The Morgan fingerprint density at radius 1 is 0.545 bits per heavy atom. The molecular formula is C31H32P2. The molecule has 166 valence electrons. The molecule has 0 nitrogen and oxygen atoms in total. The summed E-state index contributed by atoms with van der Waals surface area (Å²) in [5.41, 5.74) is 4.61. The van der Waals surface area contributed by atoms with Crippen molar-refractivity contribution in [3.8, 4) is 0 Å². The van der Waals surface area contributed by atoms with Crippen molar-refractivity contribution < 1.29 is 0 Å². The monoisotopic (exact) mass is 466 g/mol. The molecule has 5 rings (SSSR count). The van der Waals surface area contributed by atoms with Crippen molar-refractivity contribution in [2.24, 2.45) is 0 Å². The lowest BCUT2D eigenvalue weighted by molar-refractivity contribution is 0.765. The van der Waals surface area contributed by atoms with Crippen molar-refractivity contribution in [2.75, 3.05) is 12.3 Å². The maximum absolute atomic E-state index is 2.37. The number of benzene rings is 4. The lowest BCUT2D eigenvalue weighted by Gasteiger charge is -2.28. The van der Waals surface area contributed by atoms with Gasteiger partial charge in [-0.25, -0.2) is 0 Å². The van der Waals surface area contributed by atoms with Crippen LogP contribution in [0.4, 0.5) is 0 Å². The fourth-order valence-corrected chi connectivity index (χ4v) is 11.5. The quantitative estimate of drug-likeness (QED) is 0.229. The van der Waals surface area contributed by atoms with Crippen molar-refractivity contribution in [3.63, 3.8) is 0 Å². The van der Waals surface area contributed by atoms with E-state index in [-0.39, 0.29) is 15.8 Å². The van der Waals surface area contributed by atoms with Crippen LogP contribution in [0.2, 0.25) is 0 Å². The minimum Gasteiger partial charge on any atom is -0.0913 e. The van der Waals surface area contributed by atoms with Crippen molar-refractivity contribution in [1.29, 1.82) is 0 Å². The second kappa shape index (κ2) is 11.2. The highest BCUT2D eigenvalue weighted by atomic mass is 31.1. The van der Waals surface area contributed by atoms with Gasteiger partial charge in [0.1, 0.15) is 0 Å². The molecule has 1 saturated heterocycles. The van der Waals surface area contributed by atoms with Crippen LogP contribution in [0.25, 0.3) is 0 Å². The molecule has 0 amide bonds. The summed E-state index contributed by atoms with van der Waals surface area (Å²) < 4.78 is 0. The molecule has 1 aliphatic heterocycles. The van der Waals surface area contributed by atoms with Gasteiger partial charge in [-0.15, -0.1) is 0 Å². The zero-order valence-corrected chi connectivity index (χ0v) is 20.9. The summed E-state index contributed by atoms with van der Waals surface area (Å²) in [7, 11) is -0.380. The molecule has 0 aromatic heterocycles. The minimum absolute atomic E-state index is 0.0826. The van der Waals surface area contributed by atoms with Gasteiger partial charge in [0.05, 0.1) is 0 Å². The van der Waals surface area contributed by atoms with Crippen molar-refractivity contribution >= 4 is 26.5 Å². The maximum atomic E-state index is 2.37. The van der Waals surface area contributed by atoms with Gasteiger partial charge in [0, 0.05) is 11.3 Å². The lowest BCUT2D eigenvalue weighted by atomic mass is 10.0. The van der Waals surface area contributed by atoms with Gasteiger partial charge in [-0.05, 0) is 61.2 Å². The predicted octanol–water partition coefficient (Wildman–Crippen LogP) is 8.27. The zero-order chi connectivity index (χ0) is 22.3. The third-order valence-corrected chi connectivity index (χ3v) is 13.0. The number of hydrogen-bond acceptors (Lipinski definition) is 0. The first-order valence-corrected chi connectivity index (χ1v) is 15.3. The Morgan fingerprint density at radius 3 is 1.36 bits per heavy atom. The van der Waals surface area contributed by atoms with Crippen molar-refractivity contribution in [2.45, 2.75) is 30.6 Å². The highest BCUT2D eigenvalue weighted by Gasteiger charge is 2.36. The fourth-order valence-electron chi connectivity index (χ4n) is 5.28. The van der Waals surface area contributed by atoms with Crippen LogP contribution in [0, 0.1) is 0 Å². The second-order valence-electron chi connectivity index (χ2n) is 8.84. The molecule has 0 radical (unpaired) electrons. The van der Waals surface area contributed by atoms with E-state index >= 15 is 0 Å². The van der Waals surface area contributed by atoms with Crippen LogP contribution in [0.1, 0.15) is 41.7 Å². The third kappa shape index (κ3) is 5.46. The molecule has 0 saturated carbocycles. The summed E-state index contributed by atoms with van der Waals surface area (Å²) in [5.74, 6) is 0. The topological polar surface area (TPSA) is 0 Å². The van der Waals surface area contributed by atoms with Crippen LogP contribution in [0.15, 0.2) is 121 Å². The molecule has 1 fully saturated rings. The Labute approximate surface area is 201 Å². The van der Waals surface area contributed by atoms with Crippen LogP contribution >= 0.6 is 15.8 Å². The highest BCUT2D eigenvalue weighted by molar-refractivity contribution is 7.73. The molecule has 2 atom stereocenters. The van der Waals surface area contributed by atoms with Crippen LogP contribution in [0.5, 0.6) is 0 Å². The fraction of sp³-hybridized carbons (Fsp3) is 0.226. The summed E-state index contributed by atoms with van der Waals surface area (Å²) in [6, 6.07) is 45.1. The molecule has 33 heavy (non-hydrogen) atoms. The smallest absolute Gasteiger partial charge is 0.00476 e. The standard InChI is InChI=1S/C31H32P2/c1-5-14-26(15-6-1)30-22-23-31(27-16-7-2-8-17-27)33(30)25-13-24-32(28-18-9-3-10-19-28)29-20-11-4-12-21-29/h1-12,14-21,30-31H,13,22-25H2/t30-,31-/m0/s1. The van der Waals surface area contributed by atoms with E-state index in [2.05, 4.69) is 121 Å². The maximum Gasteiger partial charge on any atom is 0.00476 e. The van der Waals surface area contributed by atoms with Crippen molar-refractivity contribution in [3.05, 3.63) is 132 Å². The zero-order valence-electron chi connectivity index (χ0n) is 19.1. The third-order valence-electron chi connectivity index (χ3n) is 6.82. The van der Waals surface area contributed by atoms with Gasteiger partial charge in [0.2, 0.25) is 0 Å². The molecule has 0 N–H and O–H groups in total. The second-order valence-corrected chi connectivity index (χ2v) is 13.9. The van der Waals surface area contributed by atoms with E-state index in [1.807, 2.05) is 0 Å². The summed E-state index contributed by atoms with van der Waals surface area (Å²) in [5, 5.41) is 3.02. The van der Waals surface area contributed by atoms with Gasteiger partial charge < -0.3 is 0 Å². The molecule has 4 aromatic rings. The predicted molar refractivity (Wildman–Crippen MR) is 148 cm³/mol. The summed E-state index contributed by atoms with van der Waals surface area (Å²) >= 11 is 0. The number of rotatable bonds is 8. The summed E-state index contributed by atoms with van der Waals surface area (Å²) in [4.78, 5) is 0. The SMILES string of the molecule is c1ccc([C@@H]2CC[C@@H](c3ccccc3)P2CCCP(c2ccccc2)c2ccccc2)cc1. The van der Waals surface area contributed by atoms with E-state index in [1.54, 1.807) is 11.1 Å². The Hall–Kier alpha value is -2.26. The van der Waals surface area contributed by atoms with Gasteiger partial charge in [-0.1, -0.05) is 129 Å². The molecule has 4 aromatic carbocycles. The van der Waals surface area contributed by atoms with Crippen LogP contribution in [-0.4, -0.2) is 12.3 Å². The van der Waals surface area contributed by atoms with Crippen molar-refractivity contribution in [1.82, 2.24) is 0 Å². The first-order chi connectivity index (χ1) is 16.4. The summed E-state index contributed by atoms with van der Waals surface area (Å²) in [6.45, 7) is 0. The normalized spacial score (nSPS) is 18.6. The Bertz CT molecular complexity index is 1010. The van der Waals surface area contributed by atoms with E-state index in [1.165, 1.54) is 42.2 Å². The molecule has 2 heteroatoms. The van der Waals surface area contributed by atoms with E-state index in [0.717, 1.165) is 11.3 Å². The average molecular weight is 467 g/mol. The van der Waals surface area contributed by atoms with E-state index in [9.17, 15) is 0 Å². The van der Waals surface area contributed by atoms with Gasteiger partial charge in [0.15, 0.2) is 0 Å². The number of hydrogen-bond donors (Lipinski definition) is 0. The first kappa shape index (κ1) is 22.5. The van der Waals surface area contributed by atoms with Gasteiger partial charge in [-0.2, -0.15) is 0 Å². The molecule has 0 spiro atoms. The van der Waals surface area contributed by atoms with Crippen LogP contribution in [-0.2, 0) is 0 Å². The van der Waals surface area contributed by atoms with Gasteiger partial charge in [0.25, 0.3) is 0 Å². The molecule has 0 unspecified atom stereocenters.